The van der Waals surface area contributed by atoms with Gasteiger partial charge in [-0.25, -0.2) is 0 Å². The van der Waals surface area contributed by atoms with E-state index in [0.29, 0.717) is 6.61 Å². The average molecular weight is 221 g/mol. The Kier molecular flexibility index (Phi) is 3.80. The molecule has 0 aliphatic carbocycles. The van der Waals surface area contributed by atoms with Crippen LogP contribution in [-0.2, 0) is 4.74 Å². The van der Waals surface area contributed by atoms with E-state index >= 15 is 0 Å². The van der Waals surface area contributed by atoms with Gasteiger partial charge in [-0.15, -0.1) is 0 Å². The van der Waals surface area contributed by atoms with Crippen molar-refractivity contribution in [3.63, 3.8) is 0 Å². The molecule has 88 valence electrons. The average Bonchev–Trinajstić information content (AvgIpc) is 2.30. The molecule has 2 N–H and O–H groups in total. The molecular weight excluding hydrogens is 202 g/mol. The van der Waals surface area contributed by atoms with Crippen molar-refractivity contribution in [3.05, 3.63) is 29.8 Å². The van der Waals surface area contributed by atoms with Crippen LogP contribution in [0.2, 0.25) is 0 Å². The van der Waals surface area contributed by atoms with Crippen molar-refractivity contribution in [1.29, 1.82) is 0 Å². The Hall–Kier alpha value is -1.06. The normalized spacial score (nSPS) is 22.8. The van der Waals surface area contributed by atoms with Crippen molar-refractivity contribution in [1.82, 2.24) is 0 Å². The van der Waals surface area contributed by atoms with Gasteiger partial charge in [-0.05, 0) is 37.5 Å². The Morgan fingerprint density at radius 2 is 2.38 bits per heavy atom. The van der Waals surface area contributed by atoms with Gasteiger partial charge in [0.2, 0.25) is 0 Å². The Labute approximate surface area is 96.5 Å². The van der Waals surface area contributed by atoms with E-state index in [9.17, 15) is 0 Å². The molecule has 1 fully saturated rings. The van der Waals surface area contributed by atoms with Crippen LogP contribution in [-0.4, -0.2) is 19.3 Å². The van der Waals surface area contributed by atoms with Crippen LogP contribution in [0.4, 0.5) is 0 Å². The molecule has 0 amide bonds. The summed E-state index contributed by atoms with van der Waals surface area (Å²) in [5.41, 5.74) is 6.94. The Morgan fingerprint density at radius 3 is 3.06 bits per heavy atom. The molecule has 1 unspecified atom stereocenters. The van der Waals surface area contributed by atoms with Crippen molar-refractivity contribution in [2.45, 2.75) is 31.9 Å². The van der Waals surface area contributed by atoms with E-state index in [1.807, 2.05) is 31.2 Å². The summed E-state index contributed by atoms with van der Waals surface area (Å²) in [6.07, 6.45) is 2.34. The van der Waals surface area contributed by atoms with Gasteiger partial charge in [0, 0.05) is 12.6 Å². The lowest BCUT2D eigenvalue weighted by molar-refractivity contribution is 0.00739. The third kappa shape index (κ3) is 2.97. The third-order valence-corrected chi connectivity index (χ3v) is 2.81. The van der Waals surface area contributed by atoms with Gasteiger partial charge in [0.25, 0.3) is 0 Å². The summed E-state index contributed by atoms with van der Waals surface area (Å²) < 4.78 is 11.2. The summed E-state index contributed by atoms with van der Waals surface area (Å²) in [7, 11) is 0. The summed E-state index contributed by atoms with van der Waals surface area (Å²) in [5.74, 6) is 0.894. The van der Waals surface area contributed by atoms with Crippen molar-refractivity contribution in [2.24, 2.45) is 5.73 Å². The van der Waals surface area contributed by atoms with E-state index in [0.717, 1.165) is 30.8 Å². The smallest absolute Gasteiger partial charge is 0.122 e. The van der Waals surface area contributed by atoms with E-state index in [-0.39, 0.29) is 12.1 Å². The highest BCUT2D eigenvalue weighted by Crippen LogP contribution is 2.20. The van der Waals surface area contributed by atoms with Crippen molar-refractivity contribution < 1.29 is 9.47 Å². The maximum absolute atomic E-state index is 5.87. The molecular formula is C13H19NO2. The largest absolute Gasteiger partial charge is 0.488 e. The summed E-state index contributed by atoms with van der Waals surface area (Å²) >= 11 is 0. The molecule has 0 saturated carbocycles. The molecule has 1 aromatic rings. The summed E-state index contributed by atoms with van der Waals surface area (Å²) in [6.45, 7) is 3.53. The zero-order valence-electron chi connectivity index (χ0n) is 9.69. The second-order valence-electron chi connectivity index (χ2n) is 4.32. The molecule has 3 heteroatoms. The number of benzene rings is 1. The topological polar surface area (TPSA) is 44.5 Å². The molecule has 0 bridgehead atoms. The molecule has 1 heterocycles. The number of nitrogens with two attached hydrogens (primary N) is 1. The van der Waals surface area contributed by atoms with Crippen molar-refractivity contribution in [2.75, 3.05) is 13.2 Å². The lowest BCUT2D eigenvalue weighted by atomic mass is 10.1. The van der Waals surface area contributed by atoms with E-state index in [1.165, 1.54) is 0 Å². The van der Waals surface area contributed by atoms with Gasteiger partial charge in [-0.3, -0.25) is 0 Å². The molecule has 16 heavy (non-hydrogen) atoms. The molecule has 0 aromatic heterocycles. The number of rotatable bonds is 3. The second-order valence-corrected chi connectivity index (χ2v) is 4.32. The van der Waals surface area contributed by atoms with Crippen LogP contribution in [0.15, 0.2) is 24.3 Å². The molecule has 1 aliphatic heterocycles. The minimum atomic E-state index is 0.0474. The molecule has 0 radical (unpaired) electrons. The van der Waals surface area contributed by atoms with Gasteiger partial charge in [0.15, 0.2) is 0 Å². The maximum atomic E-state index is 5.87. The highest BCUT2D eigenvalue weighted by atomic mass is 16.5. The number of ether oxygens (including phenoxy) is 2. The number of hydrogen-bond donors (Lipinski definition) is 1. The van der Waals surface area contributed by atoms with Gasteiger partial charge < -0.3 is 15.2 Å². The van der Waals surface area contributed by atoms with E-state index in [4.69, 9.17) is 15.2 Å². The highest BCUT2D eigenvalue weighted by molar-refractivity contribution is 5.30. The fourth-order valence-corrected chi connectivity index (χ4v) is 1.87. The Balaban J connectivity index is 2.00. The quantitative estimate of drug-likeness (QED) is 0.851. The highest BCUT2D eigenvalue weighted by Gasteiger charge is 2.15. The van der Waals surface area contributed by atoms with Crippen LogP contribution in [0.5, 0.6) is 5.75 Å². The Bertz CT molecular complexity index is 332. The first-order valence-electron chi connectivity index (χ1n) is 5.85. The van der Waals surface area contributed by atoms with Crippen LogP contribution in [0.1, 0.15) is 31.4 Å². The van der Waals surface area contributed by atoms with E-state index in [2.05, 4.69) is 0 Å². The predicted molar refractivity (Wildman–Crippen MR) is 63.5 cm³/mol. The lowest BCUT2D eigenvalue weighted by Crippen LogP contribution is -2.28. The van der Waals surface area contributed by atoms with Crippen LogP contribution in [0.25, 0.3) is 0 Å². The monoisotopic (exact) mass is 221 g/mol. The van der Waals surface area contributed by atoms with Crippen LogP contribution in [0, 0.1) is 0 Å². The zero-order chi connectivity index (χ0) is 11.4. The molecule has 2 rings (SSSR count). The van der Waals surface area contributed by atoms with Crippen molar-refractivity contribution in [3.8, 4) is 5.75 Å². The molecule has 1 aromatic carbocycles. The van der Waals surface area contributed by atoms with Crippen LogP contribution < -0.4 is 10.5 Å². The molecule has 1 aliphatic rings. The van der Waals surface area contributed by atoms with Gasteiger partial charge in [-0.2, -0.15) is 0 Å². The standard InChI is InChI=1S/C13H19NO2/c1-10(14)11-4-2-5-12(8-11)16-13-6-3-7-15-9-13/h2,4-5,8,10,13H,3,6-7,9,14H2,1H3/t10-,13?/m1/s1. The second kappa shape index (κ2) is 5.32. The first-order chi connectivity index (χ1) is 7.75. The molecule has 2 atom stereocenters. The molecule has 0 spiro atoms. The predicted octanol–water partition coefficient (Wildman–Crippen LogP) is 2.26. The molecule has 3 nitrogen and oxygen atoms in total. The fraction of sp³-hybridized carbons (Fsp3) is 0.538. The van der Waals surface area contributed by atoms with Gasteiger partial charge in [0.05, 0.1) is 6.61 Å². The molecule has 1 saturated heterocycles. The summed E-state index contributed by atoms with van der Waals surface area (Å²) in [5, 5.41) is 0. The van der Waals surface area contributed by atoms with Gasteiger partial charge in [0.1, 0.15) is 11.9 Å². The first kappa shape index (κ1) is 11.4. The van der Waals surface area contributed by atoms with Gasteiger partial charge in [-0.1, -0.05) is 12.1 Å². The van der Waals surface area contributed by atoms with Crippen LogP contribution >= 0.6 is 0 Å². The third-order valence-electron chi connectivity index (χ3n) is 2.81. The van der Waals surface area contributed by atoms with Crippen LogP contribution in [0.3, 0.4) is 0 Å². The minimum Gasteiger partial charge on any atom is -0.488 e. The summed E-state index contributed by atoms with van der Waals surface area (Å²) in [4.78, 5) is 0. The zero-order valence-corrected chi connectivity index (χ0v) is 9.69. The number of hydrogen-bond acceptors (Lipinski definition) is 3. The van der Waals surface area contributed by atoms with Gasteiger partial charge >= 0.3 is 0 Å². The Morgan fingerprint density at radius 1 is 1.50 bits per heavy atom. The summed E-state index contributed by atoms with van der Waals surface area (Å²) in [6, 6.07) is 8.04. The van der Waals surface area contributed by atoms with Crippen molar-refractivity contribution >= 4 is 0 Å². The van der Waals surface area contributed by atoms with E-state index < -0.39 is 0 Å². The SMILES string of the molecule is C[C@@H](N)c1cccc(OC2CCCOC2)c1. The van der Waals surface area contributed by atoms with E-state index in [1.54, 1.807) is 0 Å². The minimum absolute atomic E-state index is 0.0474. The lowest BCUT2D eigenvalue weighted by Gasteiger charge is -2.23. The maximum Gasteiger partial charge on any atom is 0.122 e. The first-order valence-corrected chi connectivity index (χ1v) is 5.85. The fourth-order valence-electron chi connectivity index (χ4n) is 1.87.